The molecule has 2 fully saturated rings. The summed E-state index contributed by atoms with van der Waals surface area (Å²) in [5.74, 6) is -0.774. The van der Waals surface area contributed by atoms with Gasteiger partial charge in [0.25, 0.3) is 11.8 Å². The summed E-state index contributed by atoms with van der Waals surface area (Å²) in [5, 5.41) is 3.44. The van der Waals surface area contributed by atoms with Crippen molar-refractivity contribution in [3.63, 3.8) is 0 Å². The molecule has 2 aliphatic rings. The summed E-state index contributed by atoms with van der Waals surface area (Å²) in [5.41, 5.74) is 3.95. The van der Waals surface area contributed by atoms with E-state index in [-0.39, 0.29) is 18.5 Å². The lowest BCUT2D eigenvalue weighted by atomic mass is 9.99. The first kappa shape index (κ1) is 18.4. The molecule has 0 saturated carbocycles. The van der Waals surface area contributed by atoms with Gasteiger partial charge in [0.05, 0.1) is 6.54 Å². The first-order valence-corrected chi connectivity index (χ1v) is 9.11. The maximum absolute atomic E-state index is 12.5. The zero-order chi connectivity index (χ0) is 18.9. The summed E-state index contributed by atoms with van der Waals surface area (Å²) in [6, 6.07) is 7.80. The van der Waals surface area contributed by atoms with Crippen LogP contribution in [0.5, 0.6) is 0 Å². The Hall–Kier alpha value is -2.41. The normalized spacial score (nSPS) is 26.3. The van der Waals surface area contributed by atoms with Gasteiger partial charge in [-0.1, -0.05) is 31.2 Å². The summed E-state index contributed by atoms with van der Waals surface area (Å²) in [7, 11) is 0. The van der Waals surface area contributed by atoms with Gasteiger partial charge in [0.15, 0.2) is 0 Å². The Morgan fingerprint density at radius 1 is 1.35 bits per heavy atom. The molecular formula is C19H26N4O3. The van der Waals surface area contributed by atoms with Gasteiger partial charge >= 0.3 is 6.03 Å². The molecule has 1 aromatic carbocycles. The highest BCUT2D eigenvalue weighted by atomic mass is 16.2. The van der Waals surface area contributed by atoms with Gasteiger partial charge in [-0.15, -0.1) is 0 Å². The number of imide groups is 1. The lowest BCUT2D eigenvalue weighted by Crippen LogP contribution is -2.51. The lowest BCUT2D eigenvalue weighted by molar-refractivity contribution is -0.139. The number of hydrazine groups is 1. The molecule has 2 heterocycles. The molecule has 2 N–H and O–H groups in total. The molecule has 4 amide bonds. The van der Waals surface area contributed by atoms with Gasteiger partial charge in [-0.3, -0.25) is 19.9 Å². The third-order valence-electron chi connectivity index (χ3n) is 5.46. The van der Waals surface area contributed by atoms with E-state index in [1.54, 1.807) is 6.92 Å². The molecule has 1 aromatic rings. The van der Waals surface area contributed by atoms with Crippen LogP contribution in [0.2, 0.25) is 0 Å². The number of likely N-dealkylation sites (tertiary alicyclic amines) is 1. The Labute approximate surface area is 153 Å². The first-order valence-electron chi connectivity index (χ1n) is 9.11. The molecule has 2 saturated heterocycles. The highest BCUT2D eigenvalue weighted by Gasteiger charge is 2.47. The van der Waals surface area contributed by atoms with Gasteiger partial charge in [0.1, 0.15) is 5.54 Å². The van der Waals surface area contributed by atoms with E-state index >= 15 is 0 Å². The molecule has 0 bridgehead atoms. The Morgan fingerprint density at radius 3 is 2.73 bits per heavy atom. The molecule has 2 unspecified atom stereocenters. The smallest absolute Gasteiger partial charge is 0.322 e. The second-order valence-corrected chi connectivity index (χ2v) is 7.28. The maximum atomic E-state index is 12.5. The lowest BCUT2D eigenvalue weighted by Gasteiger charge is -2.26. The maximum Gasteiger partial charge on any atom is 0.344 e. The molecule has 7 nitrogen and oxygen atoms in total. The van der Waals surface area contributed by atoms with E-state index in [1.165, 1.54) is 11.1 Å². The van der Waals surface area contributed by atoms with E-state index in [0.717, 1.165) is 24.4 Å². The number of hydrogen-bond donors (Lipinski definition) is 2. The van der Waals surface area contributed by atoms with Crippen molar-refractivity contribution in [2.24, 2.45) is 0 Å². The monoisotopic (exact) mass is 358 g/mol. The average molecular weight is 358 g/mol. The highest BCUT2D eigenvalue weighted by Crippen LogP contribution is 2.33. The molecule has 7 heteroatoms. The summed E-state index contributed by atoms with van der Waals surface area (Å²) in [4.78, 5) is 39.0. The number of nitrogens with zero attached hydrogens (tertiary/aromatic N) is 2. The Morgan fingerprint density at radius 2 is 2.08 bits per heavy atom. The molecule has 140 valence electrons. The minimum Gasteiger partial charge on any atom is -0.322 e. The van der Waals surface area contributed by atoms with Crippen molar-refractivity contribution in [2.75, 3.05) is 13.1 Å². The fourth-order valence-corrected chi connectivity index (χ4v) is 3.70. The van der Waals surface area contributed by atoms with Crippen molar-refractivity contribution in [3.05, 3.63) is 35.4 Å². The molecule has 2 aliphatic heterocycles. The van der Waals surface area contributed by atoms with Crippen LogP contribution in [0.3, 0.4) is 0 Å². The number of carbonyl (C=O) groups excluding carboxylic acids is 3. The van der Waals surface area contributed by atoms with Gasteiger partial charge in [0.2, 0.25) is 0 Å². The van der Waals surface area contributed by atoms with Crippen molar-refractivity contribution in [3.8, 4) is 0 Å². The zero-order valence-corrected chi connectivity index (χ0v) is 15.5. The summed E-state index contributed by atoms with van der Waals surface area (Å²) in [6.45, 7) is 6.53. The van der Waals surface area contributed by atoms with Crippen LogP contribution in [0.25, 0.3) is 0 Å². The van der Waals surface area contributed by atoms with Crippen molar-refractivity contribution in [1.82, 2.24) is 20.7 Å². The van der Waals surface area contributed by atoms with E-state index in [9.17, 15) is 14.4 Å². The number of hydrogen-bond acceptors (Lipinski definition) is 4. The molecule has 0 aromatic heterocycles. The summed E-state index contributed by atoms with van der Waals surface area (Å²) < 4.78 is 0. The third kappa shape index (κ3) is 3.31. The van der Waals surface area contributed by atoms with Gasteiger partial charge in [-0.05, 0) is 50.8 Å². The molecule has 0 aliphatic carbocycles. The van der Waals surface area contributed by atoms with Crippen LogP contribution in [0.15, 0.2) is 24.3 Å². The number of rotatable bonds is 5. The van der Waals surface area contributed by atoms with Crippen LogP contribution in [-0.4, -0.2) is 46.4 Å². The first-order chi connectivity index (χ1) is 12.4. The SMILES string of the molecule is CCC1(C)NC(=O)N(NC(=O)CN2CCCC2c2ccccc2C)C1=O. The van der Waals surface area contributed by atoms with Crippen LogP contribution in [0.4, 0.5) is 4.79 Å². The summed E-state index contributed by atoms with van der Waals surface area (Å²) in [6.07, 6.45) is 2.48. The van der Waals surface area contributed by atoms with E-state index in [2.05, 4.69) is 34.7 Å². The van der Waals surface area contributed by atoms with Crippen molar-refractivity contribution in [1.29, 1.82) is 0 Å². The van der Waals surface area contributed by atoms with Crippen LogP contribution in [-0.2, 0) is 9.59 Å². The number of nitrogens with one attached hydrogen (secondary N) is 2. The van der Waals surface area contributed by atoms with Crippen LogP contribution >= 0.6 is 0 Å². The molecule has 0 spiro atoms. The molecule has 3 rings (SSSR count). The topological polar surface area (TPSA) is 81.8 Å². The van der Waals surface area contributed by atoms with E-state index in [4.69, 9.17) is 0 Å². The molecule has 2 atom stereocenters. The number of urea groups is 1. The minimum atomic E-state index is -0.957. The minimum absolute atomic E-state index is 0.152. The quantitative estimate of drug-likeness (QED) is 0.788. The number of carbonyl (C=O) groups is 3. The van der Waals surface area contributed by atoms with E-state index < -0.39 is 17.5 Å². The van der Waals surface area contributed by atoms with E-state index in [0.29, 0.717) is 6.42 Å². The predicted molar refractivity (Wildman–Crippen MR) is 96.9 cm³/mol. The Bertz CT molecular complexity index is 735. The number of benzene rings is 1. The Balaban J connectivity index is 1.66. The Kier molecular flexibility index (Phi) is 5.00. The zero-order valence-electron chi connectivity index (χ0n) is 15.5. The predicted octanol–water partition coefficient (Wildman–Crippen LogP) is 1.88. The van der Waals surface area contributed by atoms with Gasteiger partial charge in [-0.2, -0.15) is 5.01 Å². The largest absolute Gasteiger partial charge is 0.344 e. The summed E-state index contributed by atoms with van der Waals surface area (Å²) >= 11 is 0. The van der Waals surface area contributed by atoms with Crippen molar-refractivity contribution in [2.45, 2.75) is 51.6 Å². The average Bonchev–Trinajstić information content (AvgIpc) is 3.14. The highest BCUT2D eigenvalue weighted by molar-refractivity contribution is 6.07. The van der Waals surface area contributed by atoms with Gasteiger partial charge in [-0.25, -0.2) is 4.79 Å². The fourth-order valence-electron chi connectivity index (χ4n) is 3.70. The molecule has 0 radical (unpaired) electrons. The van der Waals surface area contributed by atoms with Crippen LogP contribution in [0.1, 0.15) is 50.3 Å². The standard InChI is InChI=1S/C19H26N4O3/c1-4-19(3)17(25)23(18(26)20-19)21-16(24)12-22-11-7-10-15(22)14-9-6-5-8-13(14)2/h5-6,8-9,15H,4,7,10-12H2,1-3H3,(H,20,26)(H,21,24). The van der Waals surface area contributed by atoms with Crippen LogP contribution < -0.4 is 10.7 Å². The van der Waals surface area contributed by atoms with Gasteiger partial charge < -0.3 is 5.32 Å². The third-order valence-corrected chi connectivity index (χ3v) is 5.46. The fraction of sp³-hybridized carbons (Fsp3) is 0.526. The molecule has 26 heavy (non-hydrogen) atoms. The van der Waals surface area contributed by atoms with Crippen molar-refractivity contribution >= 4 is 17.8 Å². The van der Waals surface area contributed by atoms with E-state index in [1.807, 2.05) is 19.1 Å². The second-order valence-electron chi connectivity index (χ2n) is 7.28. The van der Waals surface area contributed by atoms with Crippen molar-refractivity contribution < 1.29 is 14.4 Å². The van der Waals surface area contributed by atoms with Crippen LogP contribution in [0, 0.1) is 6.92 Å². The number of aryl methyl sites for hydroxylation is 1. The van der Waals surface area contributed by atoms with Gasteiger partial charge in [0, 0.05) is 6.04 Å². The molecular weight excluding hydrogens is 332 g/mol. The number of amides is 4. The second kappa shape index (κ2) is 7.07.